The van der Waals surface area contributed by atoms with Gasteiger partial charge < -0.3 is 18.9 Å². The van der Waals surface area contributed by atoms with E-state index in [4.69, 9.17) is 47.4 Å². The van der Waals surface area contributed by atoms with Gasteiger partial charge in [-0.2, -0.15) is 5.26 Å². The van der Waals surface area contributed by atoms with E-state index in [1.807, 2.05) is 6.07 Å². The Morgan fingerprint density at radius 2 is 1.86 bits per heavy atom. The van der Waals surface area contributed by atoms with Crippen LogP contribution in [-0.4, -0.2) is 32.9 Å². The second-order valence-corrected chi connectivity index (χ2v) is 6.07. The number of hydrogen-bond donors (Lipinski definition) is 0. The fourth-order valence-corrected chi connectivity index (χ4v) is 2.64. The predicted octanol–water partition coefficient (Wildman–Crippen LogP) is 4.54. The number of hydrogen-bond acceptors (Lipinski definition) is 6. The first-order valence-electron chi connectivity index (χ1n) is 8.14. The molecule has 0 unspecified atom stereocenters. The van der Waals surface area contributed by atoms with Crippen molar-refractivity contribution in [3.63, 3.8) is 0 Å². The molecule has 0 N–H and O–H groups in total. The largest absolute Gasteiger partial charge is 0.493 e. The van der Waals surface area contributed by atoms with E-state index >= 15 is 0 Å². The van der Waals surface area contributed by atoms with Gasteiger partial charge in [0.25, 0.3) is 0 Å². The summed E-state index contributed by atoms with van der Waals surface area (Å²) in [4.78, 5) is 11.8. The average Bonchev–Trinajstić information content (AvgIpc) is 2.70. The van der Waals surface area contributed by atoms with Crippen molar-refractivity contribution in [1.82, 2.24) is 0 Å². The fraction of sp³-hybridized carbons (Fsp3) is 0.200. The lowest BCUT2D eigenvalue weighted by Gasteiger charge is -2.09. The summed E-state index contributed by atoms with van der Waals surface area (Å²) >= 11 is 12.0. The van der Waals surface area contributed by atoms with Crippen molar-refractivity contribution >= 4 is 35.2 Å². The molecule has 6 nitrogen and oxygen atoms in total. The van der Waals surface area contributed by atoms with Crippen molar-refractivity contribution in [3.8, 4) is 23.3 Å². The summed E-state index contributed by atoms with van der Waals surface area (Å²) in [7, 11) is 1.49. The van der Waals surface area contributed by atoms with Crippen LogP contribution < -0.4 is 14.2 Å². The third kappa shape index (κ3) is 6.38. The third-order valence-electron chi connectivity index (χ3n) is 3.38. The van der Waals surface area contributed by atoms with E-state index in [0.29, 0.717) is 32.9 Å². The van der Waals surface area contributed by atoms with Gasteiger partial charge in [0, 0.05) is 6.08 Å². The molecule has 0 bridgehead atoms. The standard InChI is InChI=1S/C20H17Cl2NO5/c1-25-18-13-14(5-7-17(18)26-10-9-23)6-8-19(24)27-11-12-28-20-15(21)3-2-4-16(20)22/h2-8,13H,10-12H2,1H3/b8-6+. The number of esters is 1. The molecular formula is C20H17Cl2NO5. The van der Waals surface area contributed by atoms with Gasteiger partial charge in [0.1, 0.15) is 19.3 Å². The normalized spacial score (nSPS) is 10.4. The van der Waals surface area contributed by atoms with E-state index in [0.717, 1.165) is 0 Å². The topological polar surface area (TPSA) is 77.8 Å². The lowest BCUT2D eigenvalue weighted by molar-refractivity contribution is -0.138. The Hall–Kier alpha value is -2.88. The first-order valence-corrected chi connectivity index (χ1v) is 8.90. The highest BCUT2D eigenvalue weighted by Crippen LogP contribution is 2.32. The summed E-state index contributed by atoms with van der Waals surface area (Å²) in [5.41, 5.74) is 0.706. The number of carbonyl (C=O) groups is 1. The van der Waals surface area contributed by atoms with Crippen molar-refractivity contribution in [2.75, 3.05) is 26.9 Å². The van der Waals surface area contributed by atoms with Gasteiger partial charge in [-0.25, -0.2) is 4.79 Å². The molecular weight excluding hydrogens is 405 g/mol. The number of benzene rings is 2. The van der Waals surface area contributed by atoms with E-state index in [1.54, 1.807) is 42.5 Å². The zero-order valence-electron chi connectivity index (χ0n) is 15.0. The molecule has 28 heavy (non-hydrogen) atoms. The molecule has 2 aromatic rings. The lowest BCUT2D eigenvalue weighted by atomic mass is 10.2. The summed E-state index contributed by atoms with van der Waals surface area (Å²) in [5.74, 6) is 0.718. The Morgan fingerprint density at radius 1 is 1.11 bits per heavy atom. The van der Waals surface area contributed by atoms with E-state index in [1.165, 1.54) is 13.2 Å². The minimum Gasteiger partial charge on any atom is -0.493 e. The Balaban J connectivity index is 1.84. The second-order valence-electron chi connectivity index (χ2n) is 5.26. The van der Waals surface area contributed by atoms with Crippen LogP contribution in [0.1, 0.15) is 5.56 Å². The number of ether oxygens (including phenoxy) is 4. The highest BCUT2D eigenvalue weighted by atomic mass is 35.5. The van der Waals surface area contributed by atoms with Crippen molar-refractivity contribution in [3.05, 3.63) is 58.1 Å². The van der Waals surface area contributed by atoms with Gasteiger partial charge in [0.2, 0.25) is 0 Å². The van der Waals surface area contributed by atoms with Crippen molar-refractivity contribution in [2.24, 2.45) is 0 Å². The maximum absolute atomic E-state index is 11.8. The SMILES string of the molecule is COc1cc(/C=C/C(=O)OCCOc2c(Cl)cccc2Cl)ccc1OCC#N. The smallest absolute Gasteiger partial charge is 0.330 e. The highest BCUT2D eigenvalue weighted by Gasteiger charge is 2.07. The first kappa shape index (κ1) is 21.4. The molecule has 0 aliphatic carbocycles. The molecule has 146 valence electrons. The number of para-hydroxylation sites is 1. The van der Waals surface area contributed by atoms with Crippen LogP contribution in [0.3, 0.4) is 0 Å². The lowest BCUT2D eigenvalue weighted by Crippen LogP contribution is -2.10. The molecule has 2 rings (SSSR count). The van der Waals surface area contributed by atoms with Gasteiger partial charge in [0.15, 0.2) is 23.9 Å². The van der Waals surface area contributed by atoms with Crippen LogP contribution in [0.15, 0.2) is 42.5 Å². The monoisotopic (exact) mass is 421 g/mol. The van der Waals surface area contributed by atoms with E-state index in [2.05, 4.69) is 0 Å². The first-order chi connectivity index (χ1) is 13.5. The molecule has 0 radical (unpaired) electrons. The van der Waals surface area contributed by atoms with E-state index in [9.17, 15) is 4.79 Å². The fourth-order valence-electron chi connectivity index (χ4n) is 2.14. The molecule has 0 amide bonds. The zero-order valence-corrected chi connectivity index (χ0v) is 16.5. The molecule has 0 fully saturated rings. The molecule has 2 aromatic carbocycles. The summed E-state index contributed by atoms with van der Waals surface area (Å²) in [6, 6.07) is 12.0. The maximum Gasteiger partial charge on any atom is 0.330 e. The maximum atomic E-state index is 11.8. The second kappa shape index (κ2) is 11.1. The van der Waals surface area contributed by atoms with Crippen LogP contribution in [0, 0.1) is 11.3 Å². The molecule has 0 saturated heterocycles. The number of halogens is 2. The number of carbonyl (C=O) groups excluding carboxylic acids is 1. The number of methoxy groups -OCH3 is 1. The van der Waals surface area contributed by atoms with Gasteiger partial charge in [-0.3, -0.25) is 0 Å². The summed E-state index contributed by atoms with van der Waals surface area (Å²) in [5, 5.41) is 9.34. The molecule has 0 aliphatic rings. The number of rotatable bonds is 9. The Kier molecular flexibility index (Phi) is 8.47. The Labute approximate surface area is 172 Å². The summed E-state index contributed by atoms with van der Waals surface area (Å²) < 4.78 is 21.0. The van der Waals surface area contributed by atoms with Gasteiger partial charge in [-0.1, -0.05) is 35.3 Å². The molecule has 0 aromatic heterocycles. The molecule has 0 heterocycles. The minimum atomic E-state index is -0.530. The minimum absolute atomic E-state index is 0.0367. The quantitative estimate of drug-likeness (QED) is 0.336. The van der Waals surface area contributed by atoms with Crippen molar-refractivity contribution in [2.45, 2.75) is 0 Å². The van der Waals surface area contributed by atoms with Crippen LogP contribution in [0.4, 0.5) is 0 Å². The van der Waals surface area contributed by atoms with Crippen molar-refractivity contribution in [1.29, 1.82) is 5.26 Å². The molecule has 8 heteroatoms. The highest BCUT2D eigenvalue weighted by molar-refractivity contribution is 6.37. The van der Waals surface area contributed by atoms with Crippen LogP contribution >= 0.6 is 23.2 Å². The van der Waals surface area contributed by atoms with Gasteiger partial charge in [0.05, 0.1) is 17.2 Å². The third-order valence-corrected chi connectivity index (χ3v) is 3.98. The predicted molar refractivity (Wildman–Crippen MR) is 106 cm³/mol. The van der Waals surface area contributed by atoms with Crippen LogP contribution in [0.25, 0.3) is 6.08 Å². The summed E-state index contributed by atoms with van der Waals surface area (Å²) in [6.07, 6.45) is 2.86. The molecule has 0 spiro atoms. The Bertz CT molecular complexity index is 872. The number of nitrogens with zero attached hydrogens (tertiary/aromatic N) is 1. The Morgan fingerprint density at radius 3 is 2.54 bits per heavy atom. The van der Waals surface area contributed by atoms with E-state index < -0.39 is 5.97 Å². The van der Waals surface area contributed by atoms with Crippen LogP contribution in [0.5, 0.6) is 17.2 Å². The van der Waals surface area contributed by atoms with Crippen LogP contribution in [0.2, 0.25) is 10.0 Å². The summed E-state index contributed by atoms with van der Waals surface area (Å²) in [6.45, 7) is 0.0656. The van der Waals surface area contributed by atoms with Gasteiger partial charge in [-0.15, -0.1) is 0 Å². The van der Waals surface area contributed by atoms with Gasteiger partial charge in [-0.05, 0) is 35.9 Å². The zero-order chi connectivity index (χ0) is 20.4. The molecule has 0 aliphatic heterocycles. The van der Waals surface area contributed by atoms with E-state index in [-0.39, 0.29) is 19.8 Å². The van der Waals surface area contributed by atoms with Crippen LogP contribution in [-0.2, 0) is 9.53 Å². The average molecular weight is 422 g/mol. The number of nitriles is 1. The molecule has 0 saturated carbocycles. The van der Waals surface area contributed by atoms with Crippen molar-refractivity contribution < 1.29 is 23.7 Å². The molecule has 0 atom stereocenters. The van der Waals surface area contributed by atoms with Gasteiger partial charge >= 0.3 is 5.97 Å².